The van der Waals surface area contributed by atoms with E-state index < -0.39 is 11.4 Å². The second-order valence-corrected chi connectivity index (χ2v) is 6.41. The number of amides is 1. The molecule has 4 rings (SSSR count). The van der Waals surface area contributed by atoms with E-state index in [9.17, 15) is 13.6 Å². The van der Waals surface area contributed by atoms with Crippen LogP contribution in [-0.2, 0) is 10.2 Å². The number of hydrogen-bond acceptors (Lipinski definition) is 3. The number of rotatable bonds is 4. The van der Waals surface area contributed by atoms with Gasteiger partial charge in [-0.25, -0.2) is 14.1 Å². The first-order chi connectivity index (χ1) is 12.5. The van der Waals surface area contributed by atoms with E-state index in [0.29, 0.717) is 35.5 Å². The summed E-state index contributed by atoms with van der Waals surface area (Å²) in [5, 5.41) is 7.02. The Labute approximate surface area is 148 Å². The maximum Gasteiger partial charge on any atom is 0.236 e. The van der Waals surface area contributed by atoms with Gasteiger partial charge in [-0.05, 0) is 31.9 Å². The van der Waals surface area contributed by atoms with Crippen molar-refractivity contribution in [3.8, 4) is 5.69 Å². The van der Waals surface area contributed by atoms with Crippen molar-refractivity contribution in [1.29, 1.82) is 0 Å². The van der Waals surface area contributed by atoms with Crippen molar-refractivity contribution < 1.29 is 13.6 Å². The minimum absolute atomic E-state index is 0.287. The number of nitrogens with one attached hydrogen (secondary N) is 1. The van der Waals surface area contributed by atoms with Gasteiger partial charge < -0.3 is 5.32 Å². The zero-order chi connectivity index (χ0) is 18.3. The minimum atomic E-state index is -0.839. The van der Waals surface area contributed by atoms with Crippen LogP contribution in [0.5, 0.6) is 0 Å². The molecule has 1 aliphatic carbocycles. The van der Waals surface area contributed by atoms with Gasteiger partial charge in [0.05, 0.1) is 11.1 Å². The van der Waals surface area contributed by atoms with Crippen molar-refractivity contribution in [2.24, 2.45) is 0 Å². The highest BCUT2D eigenvalue weighted by Gasteiger charge is 2.52. The third-order valence-electron chi connectivity index (χ3n) is 4.77. The molecule has 0 bridgehead atoms. The molecule has 1 fully saturated rings. The van der Waals surface area contributed by atoms with Crippen LogP contribution in [-0.4, -0.2) is 20.7 Å². The van der Waals surface area contributed by atoms with E-state index in [2.05, 4.69) is 15.4 Å². The fourth-order valence-electron chi connectivity index (χ4n) is 3.10. The summed E-state index contributed by atoms with van der Waals surface area (Å²) in [6, 6.07) is 9.58. The van der Waals surface area contributed by atoms with Crippen LogP contribution in [0.15, 0.2) is 48.8 Å². The Morgan fingerprint density at radius 2 is 1.96 bits per heavy atom. The van der Waals surface area contributed by atoms with Crippen molar-refractivity contribution in [3.05, 3.63) is 71.7 Å². The quantitative estimate of drug-likeness (QED) is 0.729. The van der Waals surface area contributed by atoms with E-state index in [4.69, 9.17) is 0 Å². The zero-order valence-corrected chi connectivity index (χ0v) is 14.0. The SMILES string of the molecule is Cc1c(-n2ccc(NC(=O)C3(c4ccccc4F)CC3)n2)ccnc1F. The topological polar surface area (TPSA) is 59.8 Å². The number of carbonyl (C=O) groups excluding carboxylic acids is 1. The lowest BCUT2D eigenvalue weighted by molar-refractivity contribution is -0.118. The first-order valence-corrected chi connectivity index (χ1v) is 8.25. The Morgan fingerprint density at radius 3 is 2.69 bits per heavy atom. The molecule has 1 aliphatic rings. The standard InChI is InChI=1S/C19H16F2N4O/c1-12-15(6-10-22-17(12)21)25-11-7-16(24-25)23-18(26)19(8-9-19)13-4-2-3-5-14(13)20/h2-7,10-11H,8-9H2,1H3,(H,23,24,26). The normalized spacial score (nSPS) is 14.9. The van der Waals surface area contributed by atoms with E-state index in [0.717, 1.165) is 0 Å². The number of hydrogen-bond donors (Lipinski definition) is 1. The number of halogens is 2. The molecule has 5 nitrogen and oxygen atoms in total. The van der Waals surface area contributed by atoms with E-state index in [1.165, 1.54) is 16.9 Å². The number of benzene rings is 1. The first-order valence-electron chi connectivity index (χ1n) is 8.25. The van der Waals surface area contributed by atoms with E-state index in [-0.39, 0.29) is 11.7 Å². The van der Waals surface area contributed by atoms with Crippen molar-refractivity contribution >= 4 is 11.7 Å². The second kappa shape index (κ2) is 6.01. The van der Waals surface area contributed by atoms with Crippen LogP contribution < -0.4 is 5.32 Å². The molecule has 1 aromatic carbocycles. The van der Waals surface area contributed by atoms with Crippen LogP contribution >= 0.6 is 0 Å². The van der Waals surface area contributed by atoms with E-state index in [1.54, 1.807) is 43.5 Å². The number of aromatic nitrogens is 3. The summed E-state index contributed by atoms with van der Waals surface area (Å²) >= 11 is 0. The number of nitrogens with zero attached hydrogens (tertiary/aromatic N) is 3. The van der Waals surface area contributed by atoms with E-state index in [1.807, 2.05) is 0 Å². The molecule has 1 amide bonds. The van der Waals surface area contributed by atoms with Crippen LogP contribution in [0.2, 0.25) is 0 Å². The third kappa shape index (κ3) is 2.65. The monoisotopic (exact) mass is 354 g/mol. The Kier molecular flexibility index (Phi) is 3.79. The summed E-state index contributed by atoms with van der Waals surface area (Å²) in [4.78, 5) is 16.3. The maximum absolute atomic E-state index is 14.1. The molecule has 3 aromatic rings. The van der Waals surface area contributed by atoms with E-state index >= 15 is 0 Å². The molecule has 2 aromatic heterocycles. The molecular formula is C19H16F2N4O. The van der Waals surface area contributed by atoms with Gasteiger partial charge in [0, 0.05) is 29.6 Å². The molecule has 7 heteroatoms. The Balaban J connectivity index is 1.57. The second-order valence-electron chi connectivity index (χ2n) is 6.41. The first kappa shape index (κ1) is 16.4. The molecule has 0 radical (unpaired) electrons. The summed E-state index contributed by atoms with van der Waals surface area (Å²) in [5.41, 5.74) is 0.462. The highest BCUT2D eigenvalue weighted by molar-refractivity contribution is 6.00. The van der Waals surface area contributed by atoms with Crippen LogP contribution in [0, 0.1) is 18.7 Å². The van der Waals surface area contributed by atoms with Crippen LogP contribution in [0.25, 0.3) is 5.69 Å². The van der Waals surface area contributed by atoms with Gasteiger partial charge in [-0.3, -0.25) is 4.79 Å². The molecule has 2 heterocycles. The molecule has 0 unspecified atom stereocenters. The summed E-state index contributed by atoms with van der Waals surface area (Å²) in [7, 11) is 0. The van der Waals surface area contributed by atoms with Crippen molar-refractivity contribution in [3.63, 3.8) is 0 Å². The lowest BCUT2D eigenvalue weighted by atomic mass is 9.94. The maximum atomic E-state index is 14.1. The van der Waals surface area contributed by atoms with Crippen LogP contribution in [0.3, 0.4) is 0 Å². The molecule has 26 heavy (non-hydrogen) atoms. The third-order valence-corrected chi connectivity index (χ3v) is 4.77. The molecule has 0 saturated heterocycles. The summed E-state index contributed by atoms with van der Waals surface area (Å²) < 4.78 is 29.2. The molecular weight excluding hydrogens is 338 g/mol. The molecule has 0 atom stereocenters. The predicted molar refractivity (Wildman–Crippen MR) is 92.0 cm³/mol. The largest absolute Gasteiger partial charge is 0.308 e. The van der Waals surface area contributed by atoms with Gasteiger partial charge in [0.25, 0.3) is 0 Å². The lowest BCUT2D eigenvalue weighted by Gasteiger charge is -2.15. The number of pyridine rings is 1. The van der Waals surface area contributed by atoms with Gasteiger partial charge in [0.15, 0.2) is 5.82 Å². The van der Waals surface area contributed by atoms with Crippen LogP contribution in [0.1, 0.15) is 24.0 Å². The Hall–Kier alpha value is -3.09. The number of anilines is 1. The van der Waals surface area contributed by atoms with Gasteiger partial charge >= 0.3 is 0 Å². The lowest BCUT2D eigenvalue weighted by Crippen LogP contribution is -2.29. The highest BCUT2D eigenvalue weighted by Crippen LogP contribution is 2.49. The zero-order valence-electron chi connectivity index (χ0n) is 14.0. The highest BCUT2D eigenvalue weighted by atomic mass is 19.1. The van der Waals surface area contributed by atoms with Crippen LogP contribution in [0.4, 0.5) is 14.6 Å². The minimum Gasteiger partial charge on any atom is -0.308 e. The average molecular weight is 354 g/mol. The van der Waals surface area contributed by atoms with Gasteiger partial charge in [-0.2, -0.15) is 9.49 Å². The van der Waals surface area contributed by atoms with Crippen molar-refractivity contribution in [2.45, 2.75) is 25.2 Å². The average Bonchev–Trinajstić information content (AvgIpc) is 3.31. The molecule has 1 saturated carbocycles. The van der Waals surface area contributed by atoms with Crippen molar-refractivity contribution in [1.82, 2.24) is 14.8 Å². The van der Waals surface area contributed by atoms with Gasteiger partial charge in [0.2, 0.25) is 11.9 Å². The Bertz CT molecular complexity index is 995. The smallest absolute Gasteiger partial charge is 0.236 e. The molecule has 132 valence electrons. The summed E-state index contributed by atoms with van der Waals surface area (Å²) in [5.74, 6) is -0.909. The molecule has 1 N–H and O–H groups in total. The van der Waals surface area contributed by atoms with Crippen molar-refractivity contribution in [2.75, 3.05) is 5.32 Å². The molecule has 0 spiro atoms. The summed E-state index contributed by atoms with van der Waals surface area (Å²) in [6.07, 6.45) is 4.17. The number of carbonyl (C=O) groups is 1. The predicted octanol–water partition coefficient (Wildman–Crippen LogP) is 3.52. The van der Waals surface area contributed by atoms with Gasteiger partial charge in [-0.15, -0.1) is 0 Å². The van der Waals surface area contributed by atoms with Gasteiger partial charge in [0.1, 0.15) is 5.82 Å². The fraction of sp³-hybridized carbons (Fsp3) is 0.211. The fourth-order valence-corrected chi connectivity index (χ4v) is 3.10. The molecule has 0 aliphatic heterocycles. The summed E-state index contributed by atoms with van der Waals surface area (Å²) in [6.45, 7) is 1.61. The van der Waals surface area contributed by atoms with Gasteiger partial charge in [-0.1, -0.05) is 18.2 Å². The Morgan fingerprint density at radius 1 is 1.19 bits per heavy atom.